The number of benzene rings is 2. The summed E-state index contributed by atoms with van der Waals surface area (Å²) in [4.78, 5) is 48.2. The summed E-state index contributed by atoms with van der Waals surface area (Å²) in [5.41, 5.74) is 4.20. The fourth-order valence-corrected chi connectivity index (χ4v) is 7.26. The number of imidazole rings is 2. The molecule has 0 bridgehead atoms. The Morgan fingerprint density at radius 1 is 0.783 bits per heavy atom. The maximum atomic E-state index is 13.3. The quantitative estimate of drug-likeness (QED) is 0.120. The van der Waals surface area contributed by atoms with E-state index in [9.17, 15) is 33.5 Å². The molecule has 2 aliphatic heterocycles. The van der Waals surface area contributed by atoms with Crippen LogP contribution in [0.4, 0.5) is 18.4 Å². The average molecular weight is 976 g/mol. The van der Waals surface area contributed by atoms with Gasteiger partial charge in [0.2, 0.25) is 0 Å². The van der Waals surface area contributed by atoms with Crippen LogP contribution in [-0.4, -0.2) is 134 Å². The number of nitriles is 2. The number of carbonyl (C=O) groups is 3. The van der Waals surface area contributed by atoms with Crippen molar-refractivity contribution in [1.29, 1.82) is 10.5 Å². The molecule has 0 saturated carbocycles. The molecule has 4 aromatic rings. The molecule has 0 spiro atoms. The van der Waals surface area contributed by atoms with E-state index < -0.39 is 37.5 Å². The highest BCUT2D eigenvalue weighted by molar-refractivity contribution is 6.83. The lowest BCUT2D eigenvalue weighted by Gasteiger charge is -2.42. The van der Waals surface area contributed by atoms with Crippen molar-refractivity contribution in [2.75, 3.05) is 45.9 Å². The summed E-state index contributed by atoms with van der Waals surface area (Å²) in [6.07, 6.45) is 8.40. The lowest BCUT2D eigenvalue weighted by Crippen LogP contribution is -2.57. The number of halogens is 2. The smallest absolute Gasteiger partial charge is 0.410 e. The molecule has 3 unspecified atom stereocenters. The lowest BCUT2D eigenvalue weighted by atomic mass is 9.99. The highest BCUT2D eigenvalue weighted by Gasteiger charge is 2.37. The molecule has 4 heterocycles. The number of piperidine rings is 1. The van der Waals surface area contributed by atoms with Crippen LogP contribution in [0, 0.1) is 39.8 Å². The van der Waals surface area contributed by atoms with Crippen LogP contribution < -0.4 is 0 Å². The number of hydrogen-bond acceptors (Lipinski definition) is 12. The summed E-state index contributed by atoms with van der Waals surface area (Å²) >= 11 is 0. The Hall–Kier alpha value is -5.99. The van der Waals surface area contributed by atoms with Gasteiger partial charge in [0.1, 0.15) is 34.6 Å². The van der Waals surface area contributed by atoms with Crippen molar-refractivity contribution >= 4 is 26.5 Å². The van der Waals surface area contributed by atoms with Gasteiger partial charge in [-0.15, -0.1) is 0 Å². The van der Waals surface area contributed by atoms with Crippen LogP contribution in [0.2, 0.25) is 19.6 Å². The van der Waals surface area contributed by atoms with Gasteiger partial charge in [-0.05, 0) is 110 Å². The third-order valence-electron chi connectivity index (χ3n) is 10.9. The van der Waals surface area contributed by atoms with Gasteiger partial charge in [-0.1, -0.05) is 43.9 Å². The number of hydrogen-bond donors (Lipinski definition) is 2. The second-order valence-corrected chi connectivity index (χ2v) is 24.8. The van der Waals surface area contributed by atoms with Crippen molar-refractivity contribution in [2.24, 2.45) is 5.92 Å². The monoisotopic (exact) mass is 976 g/mol. The summed E-state index contributed by atoms with van der Waals surface area (Å²) in [6.45, 7) is 23.3. The Morgan fingerprint density at radius 3 is 1.71 bits per heavy atom. The molecule has 2 aromatic heterocycles. The summed E-state index contributed by atoms with van der Waals surface area (Å²) in [5.74, 6) is -0.362. The van der Waals surface area contributed by atoms with Gasteiger partial charge in [-0.2, -0.15) is 5.26 Å². The summed E-state index contributed by atoms with van der Waals surface area (Å²) in [6, 6.07) is 13.5. The summed E-state index contributed by atoms with van der Waals surface area (Å²) < 4.78 is 40.5. The van der Waals surface area contributed by atoms with E-state index in [1.165, 1.54) is 30.5 Å². The first-order valence-corrected chi connectivity index (χ1v) is 26.6. The lowest BCUT2D eigenvalue weighted by molar-refractivity contribution is -0.0107. The zero-order valence-corrected chi connectivity index (χ0v) is 43.0. The summed E-state index contributed by atoms with van der Waals surface area (Å²) in [7, 11) is -1.33. The first-order chi connectivity index (χ1) is 32.3. The van der Waals surface area contributed by atoms with E-state index in [0.29, 0.717) is 31.0 Å². The molecule has 2 saturated heterocycles. The van der Waals surface area contributed by atoms with Crippen molar-refractivity contribution < 1.29 is 42.9 Å². The van der Waals surface area contributed by atoms with Gasteiger partial charge in [-0.25, -0.2) is 33.6 Å². The maximum Gasteiger partial charge on any atom is 0.410 e. The van der Waals surface area contributed by atoms with E-state index in [1.54, 1.807) is 78.3 Å². The predicted molar refractivity (Wildman–Crippen MR) is 261 cm³/mol. The average Bonchev–Trinajstić information content (AvgIpc) is 3.99. The van der Waals surface area contributed by atoms with Crippen LogP contribution in [0.5, 0.6) is 0 Å². The molecule has 2 amide bonds. The third kappa shape index (κ3) is 18.5. The zero-order valence-electron chi connectivity index (χ0n) is 42.0. The molecule has 6 rings (SSSR count). The Bertz CT molecular complexity index is 2310. The van der Waals surface area contributed by atoms with Crippen molar-refractivity contribution in [3.8, 4) is 11.8 Å². The predicted octanol–water partition coefficient (Wildman–Crippen LogP) is 8.57. The molecule has 2 fully saturated rings. The van der Waals surface area contributed by atoms with Gasteiger partial charge >= 0.3 is 12.2 Å². The van der Waals surface area contributed by atoms with Gasteiger partial charge in [0.25, 0.3) is 0 Å². The van der Waals surface area contributed by atoms with E-state index in [0.717, 1.165) is 36.8 Å². The van der Waals surface area contributed by atoms with Crippen LogP contribution in [0.15, 0.2) is 73.6 Å². The van der Waals surface area contributed by atoms with Crippen LogP contribution in [0.3, 0.4) is 0 Å². The number of ether oxygens (including phenoxy) is 2. The number of amides is 2. The Kier molecular flexibility index (Phi) is 21.7. The molecule has 2 aliphatic rings. The van der Waals surface area contributed by atoms with Crippen molar-refractivity contribution in [2.45, 2.75) is 123 Å². The molecular formula is C50H71F2N9O7Si. The van der Waals surface area contributed by atoms with Gasteiger partial charge in [0.05, 0.1) is 61.5 Å². The zero-order chi connectivity index (χ0) is 51.7. The highest BCUT2D eigenvalue weighted by atomic mass is 28.3. The minimum absolute atomic E-state index is 0.0386. The Balaban J connectivity index is 0.000000283. The van der Waals surface area contributed by atoms with E-state index in [-0.39, 0.29) is 55.5 Å². The van der Waals surface area contributed by atoms with E-state index in [2.05, 4.69) is 21.7 Å². The second kappa shape index (κ2) is 26.1. The number of carbonyl (C=O) groups excluding carboxylic acids is 3. The fourth-order valence-electron chi connectivity index (χ4n) is 7.26. The molecular weight excluding hydrogens is 905 g/mol. The molecule has 2 aromatic carbocycles. The van der Waals surface area contributed by atoms with E-state index in [1.807, 2.05) is 63.7 Å². The van der Waals surface area contributed by atoms with Crippen LogP contribution in [0.25, 0.3) is 0 Å². The normalized spacial score (nSPS) is 17.6. The molecule has 2 N–H and O–H groups in total. The first-order valence-electron chi connectivity index (χ1n) is 23.1. The molecule has 0 radical (unpaired) electrons. The van der Waals surface area contributed by atoms with Crippen molar-refractivity contribution in [1.82, 2.24) is 33.8 Å². The molecule has 0 aliphatic carbocycles. The standard InChI is InChI=1S/C23H30FN5O3.C12H11FN2O.C11H21NO3.C4H9NSi/c1-16(17-5-7-18(24)8-6-17)29-15-26-12-21(29)20(11-25)28-10-9-27(13-19(28)14-30)22(31)32-23(2,3)4;1-9(10-2-4-11(13)5-3-10)15-8-14-6-12(15)7-16;1-11(2,3)15-10(14)12-6-4-5-9(7-12)8-13;1-6(2,3)4-5/h5-8,12,15-16,19-20,30H,9-10,13-14H2,1-4H3;2-9H,1H3;9,13H,4-8H2,1-3H3;1-3H3/t16-,19?,20?;9-;;/m11../s1. The van der Waals surface area contributed by atoms with Crippen molar-refractivity contribution in [3.63, 3.8) is 0 Å². The number of aldehydes is 1. The first kappa shape index (κ1) is 57.3. The largest absolute Gasteiger partial charge is 0.444 e. The molecule has 16 nitrogen and oxygen atoms in total. The number of piperazine rings is 1. The minimum atomic E-state index is -1.33. The van der Waals surface area contributed by atoms with E-state index >= 15 is 0 Å². The number of aromatic nitrogens is 4. The van der Waals surface area contributed by atoms with Gasteiger partial charge in [-0.3, -0.25) is 9.69 Å². The third-order valence-corrected chi connectivity index (χ3v) is 11.6. The second-order valence-electron chi connectivity index (χ2n) is 20.0. The Labute approximate surface area is 407 Å². The summed E-state index contributed by atoms with van der Waals surface area (Å²) in [5, 5.41) is 37.3. The molecule has 19 heteroatoms. The van der Waals surface area contributed by atoms with Gasteiger partial charge < -0.3 is 38.6 Å². The minimum Gasteiger partial charge on any atom is -0.444 e. The number of likely N-dealkylation sites (tertiary alicyclic amines) is 1. The maximum absolute atomic E-state index is 13.3. The van der Waals surface area contributed by atoms with Crippen LogP contribution >= 0.6 is 0 Å². The number of aliphatic hydroxyl groups is 2. The molecule has 69 heavy (non-hydrogen) atoms. The van der Waals surface area contributed by atoms with Gasteiger partial charge in [0.15, 0.2) is 14.4 Å². The van der Waals surface area contributed by atoms with Crippen LogP contribution in [0.1, 0.15) is 114 Å². The van der Waals surface area contributed by atoms with E-state index in [4.69, 9.17) is 19.8 Å². The van der Waals surface area contributed by atoms with Crippen molar-refractivity contribution in [3.05, 3.63) is 108 Å². The SMILES string of the molecule is CC(C)(C)OC(=O)N1CCCC(CO)C1.C[C@H](c1ccc(F)cc1)n1cncc1C(C#N)N1CCN(C(=O)OC(C)(C)C)CC1CO.C[C@H](c1ccc(F)cc1)n1cncc1C=O.C[Si](C)(C)C#N. The Morgan fingerprint density at radius 2 is 1.26 bits per heavy atom. The topological polar surface area (TPSA) is 203 Å². The highest BCUT2D eigenvalue weighted by Crippen LogP contribution is 2.30. The fraction of sp³-hybridized carbons (Fsp3) is 0.540. The van der Waals surface area contributed by atoms with Crippen LogP contribution in [-0.2, 0) is 9.47 Å². The number of nitrogens with zero attached hydrogens (tertiary/aromatic N) is 9. The molecule has 376 valence electrons. The van der Waals surface area contributed by atoms with Gasteiger partial charge in [0, 0.05) is 45.0 Å². The molecule has 5 atom stereocenters. The number of rotatable bonds is 9. The number of aliphatic hydroxyl groups excluding tert-OH is 2.